The third-order valence-corrected chi connectivity index (χ3v) is 8.07. The molecule has 0 spiro atoms. The van der Waals surface area contributed by atoms with Crippen LogP contribution in [0.25, 0.3) is 0 Å². The number of nitrogens with zero attached hydrogens (tertiary/aromatic N) is 2. The third-order valence-electron chi connectivity index (χ3n) is 6.99. The van der Waals surface area contributed by atoms with Crippen LogP contribution in [0.1, 0.15) is 42.2 Å². The second-order valence-electron chi connectivity index (χ2n) is 9.87. The number of fused-ring (bicyclic) bond motifs is 1. The van der Waals surface area contributed by atoms with E-state index < -0.39 is 12.0 Å². The van der Waals surface area contributed by atoms with E-state index in [9.17, 15) is 14.4 Å². The van der Waals surface area contributed by atoms with Gasteiger partial charge in [0.1, 0.15) is 5.75 Å². The van der Waals surface area contributed by atoms with Gasteiger partial charge in [0.05, 0.1) is 36.6 Å². The molecule has 3 amide bonds. The highest BCUT2D eigenvalue weighted by Crippen LogP contribution is 2.40. The highest BCUT2D eigenvalue weighted by molar-refractivity contribution is 8.13. The predicted molar refractivity (Wildman–Crippen MR) is 170 cm³/mol. The average molecular weight is 600 g/mol. The van der Waals surface area contributed by atoms with Gasteiger partial charge in [-0.15, -0.1) is 0 Å². The minimum Gasteiger partial charge on any atom is -0.497 e. The summed E-state index contributed by atoms with van der Waals surface area (Å²) in [5.74, 6) is 1.05. The van der Waals surface area contributed by atoms with Crippen LogP contribution in [0.15, 0.2) is 89.1 Å². The highest BCUT2D eigenvalue weighted by atomic mass is 32.2. The summed E-state index contributed by atoms with van der Waals surface area (Å²) in [7, 11) is 1.60. The van der Waals surface area contributed by atoms with E-state index in [1.807, 2.05) is 31.2 Å². The second-order valence-corrected chi connectivity index (χ2v) is 10.9. The van der Waals surface area contributed by atoms with E-state index in [-0.39, 0.29) is 11.9 Å². The number of urea groups is 1. The fourth-order valence-electron chi connectivity index (χ4n) is 4.92. The Bertz CT molecular complexity index is 1550. The van der Waals surface area contributed by atoms with Gasteiger partial charge in [-0.25, -0.2) is 14.6 Å². The Kier molecular flexibility index (Phi) is 9.31. The van der Waals surface area contributed by atoms with Crippen LogP contribution in [0, 0.1) is 0 Å². The molecule has 0 aromatic heterocycles. The lowest BCUT2D eigenvalue weighted by atomic mass is 9.93. The lowest BCUT2D eigenvalue weighted by molar-refractivity contribution is -0.113. The van der Waals surface area contributed by atoms with Crippen LogP contribution in [-0.4, -0.2) is 54.0 Å². The van der Waals surface area contributed by atoms with Crippen molar-refractivity contribution in [3.63, 3.8) is 0 Å². The van der Waals surface area contributed by atoms with Crippen molar-refractivity contribution in [3.8, 4) is 5.75 Å². The van der Waals surface area contributed by atoms with Gasteiger partial charge >= 0.3 is 12.0 Å². The maximum atomic E-state index is 13.7. The predicted octanol–water partition coefficient (Wildman–Crippen LogP) is 6.28. The van der Waals surface area contributed by atoms with Gasteiger partial charge in [-0.3, -0.25) is 4.79 Å². The van der Waals surface area contributed by atoms with E-state index in [0.29, 0.717) is 46.3 Å². The number of carbonyl (C=O) groups excluding carboxylic acids is 3. The molecular formula is C32H33N5O5S. The van der Waals surface area contributed by atoms with E-state index in [1.54, 1.807) is 74.3 Å². The quantitative estimate of drug-likeness (QED) is 0.261. The lowest BCUT2D eigenvalue weighted by Crippen LogP contribution is -2.43. The summed E-state index contributed by atoms with van der Waals surface area (Å²) in [6, 6.07) is 20.4. The largest absolute Gasteiger partial charge is 0.497 e. The minimum absolute atomic E-state index is 0.221. The summed E-state index contributed by atoms with van der Waals surface area (Å²) in [6.07, 6.45) is 0.979. The zero-order valence-electron chi connectivity index (χ0n) is 24.2. The first kappa shape index (κ1) is 29.7. The van der Waals surface area contributed by atoms with E-state index in [1.165, 1.54) is 0 Å². The van der Waals surface area contributed by atoms with Crippen molar-refractivity contribution in [2.75, 3.05) is 42.0 Å². The molecular weight excluding hydrogens is 566 g/mol. The van der Waals surface area contributed by atoms with Crippen LogP contribution in [0.3, 0.4) is 0 Å². The van der Waals surface area contributed by atoms with Crippen molar-refractivity contribution in [2.24, 2.45) is 4.99 Å². The monoisotopic (exact) mass is 599 g/mol. The molecule has 0 aliphatic carbocycles. The second kappa shape index (κ2) is 13.5. The lowest BCUT2D eigenvalue weighted by Gasteiger charge is -2.41. The maximum Gasteiger partial charge on any atom is 0.338 e. The summed E-state index contributed by atoms with van der Waals surface area (Å²) in [4.78, 5) is 45.2. The molecule has 222 valence electrons. The molecule has 10 nitrogen and oxygen atoms in total. The van der Waals surface area contributed by atoms with Crippen LogP contribution < -0.4 is 20.7 Å². The molecule has 11 heteroatoms. The van der Waals surface area contributed by atoms with Gasteiger partial charge in [0.15, 0.2) is 5.17 Å². The number of hydrogen-bond acceptors (Lipinski definition) is 8. The minimum atomic E-state index is -0.425. The molecule has 3 aromatic carbocycles. The number of nitrogens with one attached hydrogen (secondary N) is 3. The smallest absolute Gasteiger partial charge is 0.338 e. The number of hydrogen-bond donors (Lipinski definition) is 3. The number of rotatable bonds is 8. The van der Waals surface area contributed by atoms with Crippen molar-refractivity contribution in [2.45, 2.75) is 26.3 Å². The number of thioether (sulfide) groups is 1. The molecule has 2 heterocycles. The summed E-state index contributed by atoms with van der Waals surface area (Å²) in [6.45, 7) is 4.69. The number of carbonyl (C=O) groups is 3. The summed E-state index contributed by atoms with van der Waals surface area (Å²) >= 11 is 1.69. The molecule has 0 bridgehead atoms. The van der Waals surface area contributed by atoms with E-state index in [2.05, 4.69) is 20.9 Å². The summed E-state index contributed by atoms with van der Waals surface area (Å²) in [5, 5.41) is 9.53. The number of anilines is 3. The molecule has 3 N–H and O–H groups in total. The first-order valence-corrected chi connectivity index (χ1v) is 14.9. The topological polar surface area (TPSA) is 121 Å². The Balaban J connectivity index is 1.31. The molecule has 43 heavy (non-hydrogen) atoms. The fourth-order valence-corrected chi connectivity index (χ4v) is 5.94. The van der Waals surface area contributed by atoms with E-state index in [4.69, 9.17) is 14.5 Å². The highest BCUT2D eigenvalue weighted by Gasteiger charge is 2.37. The van der Waals surface area contributed by atoms with Crippen LogP contribution in [0.2, 0.25) is 0 Å². The zero-order valence-corrected chi connectivity index (χ0v) is 25.0. The number of esters is 1. The first-order chi connectivity index (χ1) is 20.9. The molecule has 0 radical (unpaired) electrons. The van der Waals surface area contributed by atoms with Crippen molar-refractivity contribution >= 4 is 51.9 Å². The average Bonchev–Trinajstić information content (AvgIpc) is 3.01. The van der Waals surface area contributed by atoms with Gasteiger partial charge in [0.25, 0.3) is 5.91 Å². The van der Waals surface area contributed by atoms with Crippen molar-refractivity contribution in [1.82, 2.24) is 4.90 Å². The van der Waals surface area contributed by atoms with E-state index >= 15 is 0 Å². The Hall–Kier alpha value is -4.77. The van der Waals surface area contributed by atoms with Crippen molar-refractivity contribution in [3.05, 3.63) is 95.2 Å². The van der Waals surface area contributed by atoms with Gasteiger partial charge in [-0.2, -0.15) is 0 Å². The third kappa shape index (κ3) is 7.00. The number of methoxy groups -OCH3 is 1. The number of aliphatic imine (C=N–C) groups is 1. The van der Waals surface area contributed by atoms with Gasteiger partial charge in [0.2, 0.25) is 0 Å². The molecule has 0 saturated carbocycles. The number of ether oxygens (including phenoxy) is 2. The fraction of sp³-hybridized carbons (Fsp3) is 0.250. The molecule has 2 aliphatic heterocycles. The van der Waals surface area contributed by atoms with Gasteiger partial charge in [-0.05, 0) is 86.5 Å². The number of amidine groups is 1. The standard InChI is InChI=1S/C32H33N5O5S/c1-4-42-30(39)22-8-12-25(13-9-22)36-31(40)35-24-10-6-21(7-11-24)28-27(20(2)33-32-37(28)18-5-19-43-32)29(38)34-23-14-16-26(41-3)17-15-23/h6-17,28H,4-5,18-19H2,1-3H3,(H,34,38)(H2,35,36,40). The first-order valence-electron chi connectivity index (χ1n) is 14.0. The number of benzene rings is 3. The molecule has 1 unspecified atom stereocenters. The SMILES string of the molecule is CCOC(=O)c1ccc(NC(=O)Nc2ccc(C3C(C(=O)Nc4ccc(OC)cc4)=C(C)N=C4SCCCN43)cc2)cc1. The van der Waals surface area contributed by atoms with Crippen molar-refractivity contribution in [1.29, 1.82) is 0 Å². The molecule has 3 aromatic rings. The number of amides is 3. The van der Waals surface area contributed by atoms with Gasteiger partial charge in [-0.1, -0.05) is 23.9 Å². The van der Waals surface area contributed by atoms with E-state index in [0.717, 1.165) is 29.4 Å². The van der Waals surface area contributed by atoms with Crippen molar-refractivity contribution < 1.29 is 23.9 Å². The van der Waals surface area contributed by atoms with Crippen LogP contribution in [0.4, 0.5) is 21.9 Å². The summed E-state index contributed by atoms with van der Waals surface area (Å²) < 4.78 is 10.2. The maximum absolute atomic E-state index is 13.7. The van der Waals surface area contributed by atoms with Gasteiger partial charge in [0, 0.05) is 29.4 Å². The van der Waals surface area contributed by atoms with Crippen LogP contribution >= 0.6 is 11.8 Å². The Morgan fingerprint density at radius 2 is 1.51 bits per heavy atom. The molecule has 5 rings (SSSR count). The Morgan fingerprint density at radius 3 is 2.14 bits per heavy atom. The number of allylic oxidation sites excluding steroid dienone is 1. The summed E-state index contributed by atoms with van der Waals surface area (Å²) in [5.41, 5.74) is 4.36. The molecule has 2 aliphatic rings. The Labute approximate surface area is 254 Å². The Morgan fingerprint density at radius 1 is 0.907 bits per heavy atom. The van der Waals surface area contributed by atoms with Crippen LogP contribution in [0.5, 0.6) is 5.75 Å². The molecule has 1 saturated heterocycles. The zero-order chi connectivity index (χ0) is 30.3. The normalized spacial score (nSPS) is 16.0. The molecule has 1 atom stereocenters. The molecule has 1 fully saturated rings. The van der Waals surface area contributed by atoms with Crippen LogP contribution in [-0.2, 0) is 9.53 Å². The van der Waals surface area contributed by atoms with Gasteiger partial charge < -0.3 is 30.3 Å².